The molecular formula is C14H20ClN3S. The lowest BCUT2D eigenvalue weighted by atomic mass is 10.1. The van der Waals surface area contributed by atoms with Crippen molar-refractivity contribution in [3.05, 3.63) is 38.3 Å². The molecule has 0 aliphatic rings. The van der Waals surface area contributed by atoms with E-state index in [0.29, 0.717) is 0 Å². The molecule has 0 saturated heterocycles. The summed E-state index contributed by atoms with van der Waals surface area (Å²) in [5.41, 5.74) is 3.60. The van der Waals surface area contributed by atoms with Crippen LogP contribution in [0, 0.1) is 13.8 Å². The van der Waals surface area contributed by atoms with Gasteiger partial charge in [-0.1, -0.05) is 11.6 Å². The van der Waals surface area contributed by atoms with Crippen LogP contribution in [0.4, 0.5) is 0 Å². The van der Waals surface area contributed by atoms with Gasteiger partial charge in [0.25, 0.3) is 0 Å². The van der Waals surface area contributed by atoms with E-state index in [2.05, 4.69) is 44.2 Å². The fourth-order valence-corrected chi connectivity index (χ4v) is 3.59. The number of hydrogen-bond acceptors (Lipinski definition) is 3. The first kappa shape index (κ1) is 14.6. The molecule has 104 valence electrons. The molecule has 19 heavy (non-hydrogen) atoms. The van der Waals surface area contributed by atoms with Gasteiger partial charge in [-0.05, 0) is 39.8 Å². The average molecular weight is 298 g/mol. The van der Waals surface area contributed by atoms with Crippen molar-refractivity contribution in [1.82, 2.24) is 15.1 Å². The first-order valence-corrected chi connectivity index (χ1v) is 7.61. The standard InChI is InChI=1S/C14H20ClN3S/c1-8(12-6-7-13(15)19-12)16-9(2)14-10(3)17-18(5)11(14)4/h6-9,16H,1-5H3. The second-order valence-electron chi connectivity index (χ2n) is 4.96. The molecule has 3 nitrogen and oxygen atoms in total. The van der Waals surface area contributed by atoms with Gasteiger partial charge in [0.15, 0.2) is 0 Å². The molecule has 0 aliphatic carbocycles. The van der Waals surface area contributed by atoms with Gasteiger partial charge < -0.3 is 5.32 Å². The Balaban J connectivity index is 2.14. The van der Waals surface area contributed by atoms with Gasteiger partial charge in [-0.3, -0.25) is 4.68 Å². The fourth-order valence-electron chi connectivity index (χ4n) is 2.52. The summed E-state index contributed by atoms with van der Waals surface area (Å²) in [5.74, 6) is 0. The van der Waals surface area contributed by atoms with E-state index in [0.717, 1.165) is 10.0 Å². The van der Waals surface area contributed by atoms with Crippen LogP contribution in [0.2, 0.25) is 4.34 Å². The van der Waals surface area contributed by atoms with E-state index >= 15 is 0 Å². The zero-order valence-electron chi connectivity index (χ0n) is 12.0. The van der Waals surface area contributed by atoms with Gasteiger partial charge in [-0.25, -0.2) is 0 Å². The number of rotatable bonds is 4. The lowest BCUT2D eigenvalue weighted by Gasteiger charge is -2.19. The number of nitrogens with one attached hydrogen (secondary N) is 1. The molecule has 0 aliphatic heterocycles. The molecule has 0 bridgehead atoms. The third-order valence-electron chi connectivity index (χ3n) is 3.52. The maximum atomic E-state index is 5.99. The van der Waals surface area contributed by atoms with Crippen molar-refractivity contribution in [1.29, 1.82) is 0 Å². The molecule has 5 heteroatoms. The predicted molar refractivity (Wildman–Crippen MR) is 82.0 cm³/mol. The van der Waals surface area contributed by atoms with E-state index in [1.807, 2.05) is 17.8 Å². The van der Waals surface area contributed by atoms with Gasteiger partial charge in [0.2, 0.25) is 0 Å². The number of nitrogens with zero attached hydrogens (tertiary/aromatic N) is 2. The number of halogens is 1. The van der Waals surface area contributed by atoms with E-state index < -0.39 is 0 Å². The summed E-state index contributed by atoms with van der Waals surface area (Å²) in [6.45, 7) is 8.52. The molecule has 2 rings (SSSR count). The SMILES string of the molecule is Cc1nn(C)c(C)c1C(C)NC(C)c1ccc(Cl)s1. The third kappa shape index (κ3) is 3.02. The topological polar surface area (TPSA) is 29.9 Å². The molecule has 0 fully saturated rings. The van der Waals surface area contributed by atoms with Crippen LogP contribution in [0.15, 0.2) is 12.1 Å². The van der Waals surface area contributed by atoms with Crippen LogP contribution >= 0.6 is 22.9 Å². The highest BCUT2D eigenvalue weighted by atomic mass is 35.5. The molecule has 0 aromatic carbocycles. The van der Waals surface area contributed by atoms with Gasteiger partial charge in [0, 0.05) is 35.3 Å². The summed E-state index contributed by atoms with van der Waals surface area (Å²) in [6, 6.07) is 4.58. The summed E-state index contributed by atoms with van der Waals surface area (Å²) in [6.07, 6.45) is 0. The summed E-state index contributed by atoms with van der Waals surface area (Å²) >= 11 is 7.62. The summed E-state index contributed by atoms with van der Waals surface area (Å²) in [7, 11) is 1.99. The van der Waals surface area contributed by atoms with Crippen LogP contribution in [0.25, 0.3) is 0 Å². The lowest BCUT2D eigenvalue weighted by molar-refractivity contribution is 0.496. The molecule has 0 radical (unpaired) electrons. The molecule has 2 unspecified atom stereocenters. The highest BCUT2D eigenvalue weighted by Crippen LogP contribution is 2.29. The van der Waals surface area contributed by atoms with Crippen molar-refractivity contribution in [3.8, 4) is 0 Å². The predicted octanol–water partition coefficient (Wildman–Crippen LogP) is 4.16. The first-order valence-electron chi connectivity index (χ1n) is 6.41. The minimum absolute atomic E-state index is 0.268. The molecule has 2 aromatic rings. The summed E-state index contributed by atoms with van der Waals surface area (Å²) < 4.78 is 2.78. The second-order valence-corrected chi connectivity index (χ2v) is 6.71. The van der Waals surface area contributed by atoms with Gasteiger partial charge in [0.05, 0.1) is 10.0 Å². The van der Waals surface area contributed by atoms with E-state index in [4.69, 9.17) is 11.6 Å². The van der Waals surface area contributed by atoms with E-state index in [1.165, 1.54) is 16.1 Å². The monoisotopic (exact) mass is 297 g/mol. The normalized spacial score (nSPS) is 14.6. The highest BCUT2D eigenvalue weighted by Gasteiger charge is 2.19. The first-order chi connectivity index (χ1) is 8.90. The summed E-state index contributed by atoms with van der Waals surface area (Å²) in [5, 5.41) is 8.09. The zero-order chi connectivity index (χ0) is 14.2. The Morgan fingerprint density at radius 1 is 1.26 bits per heavy atom. The van der Waals surface area contributed by atoms with Gasteiger partial charge >= 0.3 is 0 Å². The van der Waals surface area contributed by atoms with Crippen LogP contribution < -0.4 is 5.32 Å². The van der Waals surface area contributed by atoms with Crippen molar-refractivity contribution in [2.75, 3.05) is 0 Å². The Hall–Kier alpha value is -0.840. The summed E-state index contributed by atoms with van der Waals surface area (Å²) in [4.78, 5) is 1.26. The van der Waals surface area contributed by atoms with Crippen LogP contribution in [-0.2, 0) is 7.05 Å². The molecule has 2 atom stereocenters. The maximum absolute atomic E-state index is 5.99. The van der Waals surface area contributed by atoms with Crippen molar-refractivity contribution in [2.24, 2.45) is 7.05 Å². The lowest BCUT2D eigenvalue weighted by Crippen LogP contribution is -2.22. The van der Waals surface area contributed by atoms with Gasteiger partial charge in [0.1, 0.15) is 0 Å². The molecular weight excluding hydrogens is 278 g/mol. The minimum Gasteiger partial charge on any atom is -0.303 e. The Morgan fingerprint density at radius 3 is 2.42 bits per heavy atom. The number of hydrogen-bond donors (Lipinski definition) is 1. The number of aromatic nitrogens is 2. The Labute approximate surface area is 123 Å². The van der Waals surface area contributed by atoms with Gasteiger partial charge in [-0.15, -0.1) is 11.3 Å². The van der Waals surface area contributed by atoms with Crippen LogP contribution in [0.1, 0.15) is 47.8 Å². The van der Waals surface area contributed by atoms with Crippen molar-refractivity contribution >= 4 is 22.9 Å². The fraction of sp³-hybridized carbons (Fsp3) is 0.500. The van der Waals surface area contributed by atoms with Crippen LogP contribution in [0.3, 0.4) is 0 Å². The second kappa shape index (κ2) is 5.65. The van der Waals surface area contributed by atoms with E-state index in [1.54, 1.807) is 11.3 Å². The third-order valence-corrected chi connectivity index (χ3v) is 4.93. The van der Waals surface area contributed by atoms with Gasteiger partial charge in [-0.2, -0.15) is 5.10 Å². The van der Waals surface area contributed by atoms with Crippen LogP contribution in [-0.4, -0.2) is 9.78 Å². The maximum Gasteiger partial charge on any atom is 0.0931 e. The van der Waals surface area contributed by atoms with E-state index in [9.17, 15) is 0 Å². The minimum atomic E-state index is 0.268. The smallest absolute Gasteiger partial charge is 0.0931 e. The van der Waals surface area contributed by atoms with Crippen molar-refractivity contribution in [3.63, 3.8) is 0 Å². The largest absolute Gasteiger partial charge is 0.303 e. The van der Waals surface area contributed by atoms with Crippen molar-refractivity contribution < 1.29 is 0 Å². The Bertz CT molecular complexity index is 573. The molecule has 0 spiro atoms. The van der Waals surface area contributed by atoms with Crippen molar-refractivity contribution in [2.45, 2.75) is 39.8 Å². The molecule has 1 N–H and O–H groups in total. The molecule has 0 saturated carbocycles. The highest BCUT2D eigenvalue weighted by molar-refractivity contribution is 7.16. The number of aryl methyl sites for hydroxylation is 2. The van der Waals surface area contributed by atoms with Crippen LogP contribution in [0.5, 0.6) is 0 Å². The zero-order valence-corrected chi connectivity index (χ0v) is 13.6. The van der Waals surface area contributed by atoms with E-state index in [-0.39, 0.29) is 12.1 Å². The Kier molecular flexibility index (Phi) is 4.33. The number of thiophene rings is 1. The molecule has 0 amide bonds. The molecule has 2 aromatic heterocycles. The quantitative estimate of drug-likeness (QED) is 0.918. The molecule has 2 heterocycles. The Morgan fingerprint density at radius 2 is 1.95 bits per heavy atom. The average Bonchev–Trinajstić information content (AvgIpc) is 2.84.